The molecule has 0 heteroatoms. The zero-order valence-corrected chi connectivity index (χ0v) is 16.4. The molecular weight excluding hydrogens is 252 g/mol. The number of rotatable bonds is 8. The number of hydrogen-bond donors (Lipinski definition) is 0. The topological polar surface area (TPSA) is 0 Å². The third-order valence-corrected chi connectivity index (χ3v) is 6.84. The SMILES string of the molecule is CCC(C)(C)CC(C)CCC(C)(C)C1CC(C(C)C)C1C. The van der Waals surface area contributed by atoms with Crippen LogP contribution in [0.15, 0.2) is 0 Å². The Morgan fingerprint density at radius 2 is 1.62 bits per heavy atom. The quantitative estimate of drug-likeness (QED) is 0.444. The molecule has 0 aromatic carbocycles. The van der Waals surface area contributed by atoms with Crippen LogP contribution >= 0.6 is 0 Å². The Morgan fingerprint density at radius 1 is 1.05 bits per heavy atom. The molecule has 0 spiro atoms. The van der Waals surface area contributed by atoms with Gasteiger partial charge in [0.1, 0.15) is 0 Å². The molecule has 1 rings (SSSR count). The van der Waals surface area contributed by atoms with Crippen molar-refractivity contribution in [1.82, 2.24) is 0 Å². The Labute approximate surface area is 135 Å². The van der Waals surface area contributed by atoms with E-state index in [4.69, 9.17) is 0 Å². The Balaban J connectivity index is 2.44. The van der Waals surface area contributed by atoms with E-state index in [2.05, 4.69) is 62.3 Å². The predicted octanol–water partition coefficient (Wildman–Crippen LogP) is 7.18. The molecule has 0 aromatic rings. The first-order chi connectivity index (χ1) is 9.50. The monoisotopic (exact) mass is 294 g/mol. The summed E-state index contributed by atoms with van der Waals surface area (Å²) in [5.41, 5.74) is 1.06. The summed E-state index contributed by atoms with van der Waals surface area (Å²) in [5.74, 6) is 4.61. The summed E-state index contributed by atoms with van der Waals surface area (Å²) in [6.45, 7) is 22.0. The van der Waals surface area contributed by atoms with Crippen molar-refractivity contribution < 1.29 is 0 Å². The third-order valence-electron chi connectivity index (χ3n) is 6.84. The molecule has 1 fully saturated rings. The molecule has 4 unspecified atom stereocenters. The summed E-state index contributed by atoms with van der Waals surface area (Å²) >= 11 is 0. The summed E-state index contributed by atoms with van der Waals surface area (Å²) in [7, 11) is 0. The summed E-state index contributed by atoms with van der Waals surface area (Å²) < 4.78 is 0. The highest BCUT2D eigenvalue weighted by Gasteiger charge is 2.46. The largest absolute Gasteiger partial charge is 0.0649 e. The van der Waals surface area contributed by atoms with Gasteiger partial charge in [0.05, 0.1) is 0 Å². The molecule has 0 aromatic heterocycles. The van der Waals surface area contributed by atoms with E-state index >= 15 is 0 Å². The normalized spacial score (nSPS) is 28.6. The van der Waals surface area contributed by atoms with Gasteiger partial charge in [0.25, 0.3) is 0 Å². The van der Waals surface area contributed by atoms with Gasteiger partial charge in [0.15, 0.2) is 0 Å². The maximum Gasteiger partial charge on any atom is -0.0323 e. The fourth-order valence-corrected chi connectivity index (χ4v) is 4.73. The van der Waals surface area contributed by atoms with E-state index in [9.17, 15) is 0 Å². The lowest BCUT2D eigenvalue weighted by molar-refractivity contribution is -0.0388. The van der Waals surface area contributed by atoms with Crippen LogP contribution in [0.1, 0.15) is 94.4 Å². The Morgan fingerprint density at radius 3 is 2.05 bits per heavy atom. The molecule has 1 saturated carbocycles. The van der Waals surface area contributed by atoms with Gasteiger partial charge in [-0.3, -0.25) is 0 Å². The minimum atomic E-state index is 0.524. The van der Waals surface area contributed by atoms with Crippen molar-refractivity contribution in [2.75, 3.05) is 0 Å². The summed E-state index contributed by atoms with van der Waals surface area (Å²) in [6, 6.07) is 0. The first-order valence-electron chi connectivity index (χ1n) is 9.50. The summed E-state index contributed by atoms with van der Waals surface area (Å²) in [6.07, 6.45) is 6.98. The molecule has 1 aliphatic carbocycles. The lowest BCUT2D eigenvalue weighted by Gasteiger charge is -2.53. The maximum absolute atomic E-state index is 2.53. The van der Waals surface area contributed by atoms with Crippen molar-refractivity contribution in [3.05, 3.63) is 0 Å². The number of hydrogen-bond acceptors (Lipinski definition) is 0. The van der Waals surface area contributed by atoms with E-state index in [0.29, 0.717) is 10.8 Å². The van der Waals surface area contributed by atoms with E-state index < -0.39 is 0 Å². The van der Waals surface area contributed by atoms with Crippen LogP contribution in [-0.2, 0) is 0 Å². The molecule has 0 nitrogen and oxygen atoms in total. The molecule has 0 amide bonds. The van der Waals surface area contributed by atoms with Crippen LogP contribution in [0.3, 0.4) is 0 Å². The van der Waals surface area contributed by atoms with Gasteiger partial charge >= 0.3 is 0 Å². The molecule has 126 valence electrons. The Bertz CT molecular complexity index is 310. The molecule has 0 N–H and O–H groups in total. The molecule has 0 radical (unpaired) electrons. The van der Waals surface area contributed by atoms with E-state index in [1.165, 1.54) is 32.1 Å². The second-order valence-corrected chi connectivity index (χ2v) is 9.96. The summed E-state index contributed by atoms with van der Waals surface area (Å²) in [4.78, 5) is 0. The van der Waals surface area contributed by atoms with Gasteiger partial charge in [-0.1, -0.05) is 75.2 Å². The Hall–Kier alpha value is 0. The van der Waals surface area contributed by atoms with Crippen molar-refractivity contribution >= 4 is 0 Å². The van der Waals surface area contributed by atoms with Crippen LogP contribution in [0, 0.1) is 40.4 Å². The van der Waals surface area contributed by atoms with Gasteiger partial charge in [0, 0.05) is 0 Å². The zero-order valence-electron chi connectivity index (χ0n) is 16.4. The average molecular weight is 295 g/mol. The zero-order chi connectivity index (χ0) is 16.4. The van der Waals surface area contributed by atoms with Crippen LogP contribution in [0.25, 0.3) is 0 Å². The van der Waals surface area contributed by atoms with Crippen LogP contribution in [-0.4, -0.2) is 0 Å². The van der Waals surface area contributed by atoms with Gasteiger partial charge in [-0.15, -0.1) is 0 Å². The first kappa shape index (κ1) is 19.0. The molecule has 4 atom stereocenters. The lowest BCUT2D eigenvalue weighted by atomic mass is 9.52. The van der Waals surface area contributed by atoms with E-state index in [-0.39, 0.29) is 0 Å². The average Bonchev–Trinajstić information content (AvgIpc) is 2.33. The van der Waals surface area contributed by atoms with Crippen LogP contribution < -0.4 is 0 Å². The molecule has 21 heavy (non-hydrogen) atoms. The van der Waals surface area contributed by atoms with Gasteiger partial charge in [0.2, 0.25) is 0 Å². The van der Waals surface area contributed by atoms with Gasteiger partial charge in [-0.2, -0.15) is 0 Å². The van der Waals surface area contributed by atoms with Gasteiger partial charge in [-0.25, -0.2) is 0 Å². The van der Waals surface area contributed by atoms with Gasteiger partial charge < -0.3 is 0 Å². The van der Waals surface area contributed by atoms with E-state index in [0.717, 1.165) is 29.6 Å². The smallest absolute Gasteiger partial charge is 0.0323 e. The van der Waals surface area contributed by atoms with E-state index in [1.54, 1.807) is 0 Å². The van der Waals surface area contributed by atoms with Crippen molar-refractivity contribution in [3.63, 3.8) is 0 Å². The molecule has 0 bridgehead atoms. The fraction of sp³-hybridized carbons (Fsp3) is 1.00. The second kappa shape index (κ2) is 7.05. The second-order valence-electron chi connectivity index (χ2n) is 9.96. The first-order valence-corrected chi connectivity index (χ1v) is 9.50. The van der Waals surface area contributed by atoms with Gasteiger partial charge in [-0.05, 0) is 59.7 Å². The highest BCUT2D eigenvalue weighted by atomic mass is 14.5. The van der Waals surface area contributed by atoms with Crippen molar-refractivity contribution in [1.29, 1.82) is 0 Å². The van der Waals surface area contributed by atoms with E-state index in [1.807, 2.05) is 0 Å². The minimum absolute atomic E-state index is 0.524. The predicted molar refractivity (Wildman–Crippen MR) is 96.5 cm³/mol. The highest BCUT2D eigenvalue weighted by Crippen LogP contribution is 2.54. The van der Waals surface area contributed by atoms with Crippen LogP contribution in [0.4, 0.5) is 0 Å². The minimum Gasteiger partial charge on any atom is -0.0649 e. The molecule has 0 heterocycles. The highest BCUT2D eigenvalue weighted by molar-refractivity contribution is 4.95. The van der Waals surface area contributed by atoms with Crippen molar-refractivity contribution in [2.24, 2.45) is 40.4 Å². The van der Waals surface area contributed by atoms with Crippen molar-refractivity contribution in [3.8, 4) is 0 Å². The van der Waals surface area contributed by atoms with Crippen molar-refractivity contribution in [2.45, 2.75) is 94.4 Å². The summed E-state index contributed by atoms with van der Waals surface area (Å²) in [5, 5.41) is 0. The fourth-order valence-electron chi connectivity index (χ4n) is 4.73. The molecule has 0 aliphatic heterocycles. The maximum atomic E-state index is 2.53. The standard InChI is InChI=1S/C21H42/c1-10-20(6,7)14-16(4)11-12-21(8,9)19-13-18(15(2)3)17(19)5/h15-19H,10-14H2,1-9H3. The molecule has 1 aliphatic rings. The molecular formula is C21H42. The van der Waals surface area contributed by atoms with Crippen LogP contribution in [0.2, 0.25) is 0 Å². The lowest BCUT2D eigenvalue weighted by Crippen LogP contribution is -2.45. The third kappa shape index (κ3) is 5.00. The van der Waals surface area contributed by atoms with Crippen LogP contribution in [0.5, 0.6) is 0 Å². The Kier molecular flexibility index (Phi) is 6.40. The molecule has 0 saturated heterocycles.